The van der Waals surface area contributed by atoms with Crippen molar-refractivity contribution in [3.05, 3.63) is 0 Å². The van der Waals surface area contributed by atoms with Gasteiger partial charge >= 0.3 is 29.8 Å². The maximum Gasteiger partial charge on any atom is 0.450 e. The molecule has 0 fully saturated rings. The van der Waals surface area contributed by atoms with Crippen molar-refractivity contribution >= 4 is 10.7 Å². The molecule has 0 bridgehead atoms. The molecule has 0 aromatic rings. The summed E-state index contributed by atoms with van der Waals surface area (Å²) in [5.74, 6) is -33.4. The van der Waals surface area contributed by atoms with Crippen LogP contribution < -0.4 is 0 Å². The Morgan fingerprint density at radius 3 is 1.48 bits per heavy atom. The Kier molecular flexibility index (Phi) is 8.77. The summed E-state index contributed by atoms with van der Waals surface area (Å²) in [6, 6.07) is 0. The molecule has 31 heavy (non-hydrogen) atoms. The Hall–Kier alpha value is -1.04. The Balaban J connectivity index is 5.58. The van der Waals surface area contributed by atoms with Crippen LogP contribution in [0, 0.1) is 0 Å². The molecule has 0 radical (unpaired) electrons. The van der Waals surface area contributed by atoms with Crippen molar-refractivity contribution in [3.8, 4) is 0 Å². The van der Waals surface area contributed by atoms with Crippen LogP contribution in [0.5, 0.6) is 0 Å². The lowest BCUT2D eigenvalue weighted by Gasteiger charge is -2.36. The molecule has 0 heterocycles. The minimum Gasteiger partial charge on any atom is -0.335 e. The van der Waals surface area contributed by atoms with Gasteiger partial charge in [0.25, 0.3) is 11.8 Å². The van der Waals surface area contributed by atoms with Crippen LogP contribution in [0.4, 0.5) is 57.1 Å². The van der Waals surface area contributed by atoms with E-state index in [1.807, 2.05) is 0 Å². The number of halogens is 13. The molecule has 0 aliphatic rings. The lowest BCUT2D eigenvalue weighted by atomic mass is 10.00. The van der Waals surface area contributed by atoms with Crippen molar-refractivity contribution in [2.24, 2.45) is 0 Å². The molecule has 2 atom stereocenters. The van der Waals surface area contributed by atoms with Crippen molar-refractivity contribution in [2.75, 3.05) is 19.0 Å². The summed E-state index contributed by atoms with van der Waals surface area (Å²) in [6.07, 6.45) is -9.63. The third-order valence-corrected chi connectivity index (χ3v) is 4.29. The van der Waals surface area contributed by atoms with Gasteiger partial charge < -0.3 is 9.47 Å². The summed E-state index contributed by atoms with van der Waals surface area (Å²) >= 11 is 0. The molecule has 0 rings (SSSR count). The van der Waals surface area contributed by atoms with Crippen molar-refractivity contribution in [2.45, 2.75) is 61.8 Å². The Labute approximate surface area is 167 Å². The van der Waals surface area contributed by atoms with Crippen LogP contribution >= 0.6 is 0 Å². The average Bonchev–Trinajstić information content (AvgIpc) is 2.46. The molecule has 0 N–H and O–H groups in total. The maximum atomic E-state index is 14.0. The smallest absolute Gasteiger partial charge is 0.335 e. The molecule has 0 aliphatic heterocycles. The van der Waals surface area contributed by atoms with Gasteiger partial charge in [-0.15, -0.1) is 0 Å². The maximum absolute atomic E-state index is 14.0. The first-order valence-electron chi connectivity index (χ1n) is 7.64. The topological polar surface area (TPSA) is 52.6 Å². The van der Waals surface area contributed by atoms with Crippen molar-refractivity contribution in [3.63, 3.8) is 0 Å². The molecule has 0 amide bonds. The number of rotatable bonds is 12. The van der Waals surface area contributed by atoms with Crippen LogP contribution in [0.1, 0.15) is 20.3 Å². The first-order valence-corrected chi connectivity index (χ1v) is 9.00. The number of hydrogen-bond acceptors (Lipinski definition) is 4. The monoisotopic (exact) mass is 514 g/mol. The SMILES string of the molecule is CC(F)(F)C(F)(F)CC(F)(F)C(C)(F)OCC(F)(OCC(F)(F)C[SH](=O)=O)C(F)(F)F. The summed E-state index contributed by atoms with van der Waals surface area (Å²) in [4.78, 5) is 0. The summed E-state index contributed by atoms with van der Waals surface area (Å²) in [7, 11) is -3.89. The molecule has 18 heteroatoms. The molecule has 188 valence electrons. The van der Waals surface area contributed by atoms with Crippen LogP contribution in [0.3, 0.4) is 0 Å². The highest BCUT2D eigenvalue weighted by Gasteiger charge is 2.66. The van der Waals surface area contributed by atoms with E-state index in [2.05, 4.69) is 9.47 Å². The van der Waals surface area contributed by atoms with E-state index in [4.69, 9.17) is 0 Å². The predicted octanol–water partition coefficient (Wildman–Crippen LogP) is 4.50. The zero-order valence-electron chi connectivity index (χ0n) is 15.3. The summed E-state index contributed by atoms with van der Waals surface area (Å²) in [5.41, 5.74) is 0. The van der Waals surface area contributed by atoms with Gasteiger partial charge in [0, 0.05) is 13.8 Å². The normalized spacial score (nSPS) is 18.7. The lowest BCUT2D eigenvalue weighted by molar-refractivity contribution is -0.381. The van der Waals surface area contributed by atoms with Crippen LogP contribution in [0.15, 0.2) is 0 Å². The van der Waals surface area contributed by atoms with E-state index < -0.39 is 91.5 Å². The van der Waals surface area contributed by atoms with E-state index in [0.717, 1.165) is 0 Å². The molecule has 0 aliphatic carbocycles. The zero-order valence-corrected chi connectivity index (χ0v) is 16.2. The largest absolute Gasteiger partial charge is 0.450 e. The Morgan fingerprint density at radius 1 is 0.677 bits per heavy atom. The highest BCUT2D eigenvalue weighted by Crippen LogP contribution is 2.47. The minimum absolute atomic E-state index is 0.496. The molecule has 0 aromatic heterocycles. The van der Waals surface area contributed by atoms with Gasteiger partial charge in [-0.3, -0.25) is 0 Å². The second-order valence-electron chi connectivity index (χ2n) is 6.54. The van der Waals surface area contributed by atoms with E-state index in [1.54, 1.807) is 0 Å². The van der Waals surface area contributed by atoms with Crippen molar-refractivity contribution < 1.29 is 75.0 Å². The first kappa shape index (κ1) is 30.0. The molecule has 0 aromatic carbocycles. The minimum atomic E-state index is -6.35. The van der Waals surface area contributed by atoms with Gasteiger partial charge in [0.05, 0.1) is 6.42 Å². The quantitative estimate of drug-likeness (QED) is 0.308. The van der Waals surface area contributed by atoms with Crippen molar-refractivity contribution in [1.82, 2.24) is 0 Å². The number of thiol groups is 1. The van der Waals surface area contributed by atoms with Gasteiger partial charge in [-0.05, 0) is 0 Å². The van der Waals surface area contributed by atoms with Gasteiger partial charge in [-0.2, -0.15) is 26.3 Å². The fourth-order valence-electron chi connectivity index (χ4n) is 1.59. The van der Waals surface area contributed by atoms with Gasteiger partial charge in [0.2, 0.25) is 0 Å². The number of hydrogen-bond donors (Lipinski definition) is 1. The van der Waals surface area contributed by atoms with Crippen LogP contribution in [0.25, 0.3) is 0 Å². The summed E-state index contributed by atoms with van der Waals surface area (Å²) in [5, 5.41) is 0. The number of alkyl halides is 13. The van der Waals surface area contributed by atoms with E-state index in [-0.39, 0.29) is 0 Å². The molecule has 0 spiro atoms. The highest BCUT2D eigenvalue weighted by atomic mass is 32.2. The molecule has 4 nitrogen and oxygen atoms in total. The van der Waals surface area contributed by atoms with E-state index in [1.165, 1.54) is 0 Å². The predicted molar refractivity (Wildman–Crippen MR) is 76.6 cm³/mol. The average molecular weight is 514 g/mol. The van der Waals surface area contributed by atoms with Gasteiger partial charge in [0.15, 0.2) is 0 Å². The third kappa shape index (κ3) is 8.11. The zero-order chi connectivity index (χ0) is 25.3. The first-order chi connectivity index (χ1) is 13.3. The van der Waals surface area contributed by atoms with Crippen molar-refractivity contribution in [1.29, 1.82) is 0 Å². The van der Waals surface area contributed by atoms with Crippen LogP contribution in [0.2, 0.25) is 0 Å². The molecule has 0 saturated carbocycles. The standard InChI is InChI=1S/C13H15F13O4S/c1-7(14,15)10(19,20)3-11(21,22)8(2,16)29-5-12(23,13(24,25)26)30-4-9(17,18)6-31(27)28/h31H,3-6H2,1-2H3. The summed E-state index contributed by atoms with van der Waals surface area (Å²) < 4.78 is 198. The Morgan fingerprint density at radius 2 is 1.13 bits per heavy atom. The second kappa shape index (κ2) is 9.07. The fraction of sp³-hybridized carbons (Fsp3) is 1.00. The second-order valence-corrected chi connectivity index (χ2v) is 7.52. The number of ether oxygens (including phenoxy) is 2. The van der Waals surface area contributed by atoms with Gasteiger partial charge in [0.1, 0.15) is 29.7 Å². The molecular formula is C13H15F13O4S. The van der Waals surface area contributed by atoms with E-state index >= 15 is 0 Å². The molecular weight excluding hydrogens is 499 g/mol. The van der Waals surface area contributed by atoms with Gasteiger partial charge in [-0.25, -0.2) is 39.2 Å². The lowest BCUT2D eigenvalue weighted by Crippen LogP contribution is -2.55. The van der Waals surface area contributed by atoms with Crippen LogP contribution in [-0.2, 0) is 20.2 Å². The van der Waals surface area contributed by atoms with Gasteiger partial charge in [-0.1, -0.05) is 0 Å². The van der Waals surface area contributed by atoms with E-state index in [9.17, 15) is 65.5 Å². The highest BCUT2D eigenvalue weighted by molar-refractivity contribution is 7.72. The molecule has 2 unspecified atom stereocenters. The van der Waals surface area contributed by atoms with Crippen LogP contribution in [-0.4, -0.2) is 69.0 Å². The summed E-state index contributed by atoms with van der Waals surface area (Å²) in [6.45, 7) is -6.56. The molecule has 0 saturated heterocycles. The fourth-order valence-corrected chi connectivity index (χ4v) is 2.05. The third-order valence-electron chi connectivity index (χ3n) is 3.56. The van der Waals surface area contributed by atoms with E-state index in [0.29, 0.717) is 0 Å². The Bertz CT molecular complexity index is 676.